The summed E-state index contributed by atoms with van der Waals surface area (Å²) in [7, 11) is 0. The van der Waals surface area contributed by atoms with Gasteiger partial charge in [0.15, 0.2) is 0 Å². The smallest absolute Gasteiger partial charge is 0.317 e. The minimum absolute atomic E-state index is 0.00649. The molecule has 0 aliphatic carbocycles. The average Bonchev–Trinajstić information content (AvgIpc) is 3.13. The van der Waals surface area contributed by atoms with Crippen molar-refractivity contribution in [1.82, 2.24) is 20.9 Å². The molecule has 24 heavy (non-hydrogen) atoms. The molecule has 1 unspecified atom stereocenters. The van der Waals surface area contributed by atoms with Gasteiger partial charge in [-0.3, -0.25) is 4.79 Å². The van der Waals surface area contributed by atoms with Gasteiger partial charge in [0.2, 0.25) is 5.91 Å². The van der Waals surface area contributed by atoms with Gasteiger partial charge in [0.05, 0.1) is 0 Å². The summed E-state index contributed by atoms with van der Waals surface area (Å²) in [5, 5.41) is 9.12. The normalized spacial score (nSPS) is 19.7. The number of nitrogens with one attached hydrogen (secondary N) is 3. The van der Waals surface area contributed by atoms with E-state index in [9.17, 15) is 9.59 Å². The number of hydrogen-bond donors (Lipinski definition) is 3. The SMILES string of the molecule is O=C(CCNC(=O)N1CCc2ccccc2C1)NCC1CCCN1. The zero-order valence-corrected chi connectivity index (χ0v) is 14.0. The summed E-state index contributed by atoms with van der Waals surface area (Å²) in [5.41, 5.74) is 2.53. The predicted molar refractivity (Wildman–Crippen MR) is 92.6 cm³/mol. The van der Waals surface area contributed by atoms with E-state index in [-0.39, 0.29) is 11.9 Å². The van der Waals surface area contributed by atoms with Gasteiger partial charge in [0, 0.05) is 38.6 Å². The maximum absolute atomic E-state index is 12.2. The molecule has 2 aliphatic rings. The first kappa shape index (κ1) is 16.8. The Kier molecular flexibility index (Phi) is 5.69. The molecule has 2 heterocycles. The van der Waals surface area contributed by atoms with Crippen LogP contribution in [-0.2, 0) is 17.8 Å². The fraction of sp³-hybridized carbons (Fsp3) is 0.556. The van der Waals surface area contributed by atoms with E-state index in [1.54, 1.807) is 0 Å². The molecule has 130 valence electrons. The van der Waals surface area contributed by atoms with E-state index in [1.807, 2.05) is 17.0 Å². The number of nitrogens with zero attached hydrogens (tertiary/aromatic N) is 1. The van der Waals surface area contributed by atoms with Gasteiger partial charge >= 0.3 is 6.03 Å². The fourth-order valence-corrected chi connectivity index (χ4v) is 3.32. The molecule has 1 aromatic carbocycles. The third-order valence-electron chi connectivity index (χ3n) is 4.75. The molecule has 1 fully saturated rings. The summed E-state index contributed by atoms with van der Waals surface area (Å²) in [6.07, 6.45) is 3.50. The zero-order valence-electron chi connectivity index (χ0n) is 14.0. The molecule has 1 saturated heterocycles. The number of amides is 3. The molecule has 0 bridgehead atoms. The highest BCUT2D eigenvalue weighted by atomic mass is 16.2. The minimum Gasteiger partial charge on any atom is -0.354 e. The van der Waals surface area contributed by atoms with Crippen LogP contribution < -0.4 is 16.0 Å². The first-order valence-electron chi connectivity index (χ1n) is 8.82. The highest BCUT2D eigenvalue weighted by Gasteiger charge is 2.20. The number of benzene rings is 1. The Balaban J connectivity index is 1.34. The summed E-state index contributed by atoms with van der Waals surface area (Å²) < 4.78 is 0. The molecule has 3 rings (SSSR count). The van der Waals surface area contributed by atoms with Crippen LogP contribution in [0.5, 0.6) is 0 Å². The maximum atomic E-state index is 12.2. The van der Waals surface area contributed by atoms with Gasteiger partial charge in [-0.05, 0) is 36.9 Å². The van der Waals surface area contributed by atoms with E-state index < -0.39 is 0 Å². The molecule has 6 nitrogen and oxygen atoms in total. The second-order valence-corrected chi connectivity index (χ2v) is 6.52. The van der Waals surface area contributed by atoms with Crippen molar-refractivity contribution in [3.05, 3.63) is 35.4 Å². The van der Waals surface area contributed by atoms with Crippen LogP contribution in [0.25, 0.3) is 0 Å². The van der Waals surface area contributed by atoms with Gasteiger partial charge in [0.25, 0.3) is 0 Å². The van der Waals surface area contributed by atoms with Gasteiger partial charge in [0.1, 0.15) is 0 Å². The number of hydrogen-bond acceptors (Lipinski definition) is 3. The van der Waals surface area contributed by atoms with Crippen molar-refractivity contribution in [3.63, 3.8) is 0 Å². The van der Waals surface area contributed by atoms with Crippen LogP contribution in [0.4, 0.5) is 4.79 Å². The molecular formula is C18H26N4O2. The van der Waals surface area contributed by atoms with Crippen molar-refractivity contribution >= 4 is 11.9 Å². The Bertz CT molecular complexity index is 584. The summed E-state index contributed by atoms with van der Waals surface area (Å²) in [4.78, 5) is 25.9. The average molecular weight is 330 g/mol. The van der Waals surface area contributed by atoms with Gasteiger partial charge in [-0.15, -0.1) is 0 Å². The Morgan fingerprint density at radius 3 is 2.83 bits per heavy atom. The number of urea groups is 1. The molecule has 1 atom stereocenters. The first-order chi connectivity index (χ1) is 11.7. The quantitative estimate of drug-likeness (QED) is 0.754. The van der Waals surface area contributed by atoms with Crippen LogP contribution >= 0.6 is 0 Å². The molecule has 6 heteroatoms. The second-order valence-electron chi connectivity index (χ2n) is 6.52. The lowest BCUT2D eigenvalue weighted by atomic mass is 10.0. The fourth-order valence-electron chi connectivity index (χ4n) is 3.32. The highest BCUT2D eigenvalue weighted by molar-refractivity contribution is 5.78. The lowest BCUT2D eigenvalue weighted by Gasteiger charge is -2.28. The van der Waals surface area contributed by atoms with E-state index in [2.05, 4.69) is 28.1 Å². The van der Waals surface area contributed by atoms with E-state index in [4.69, 9.17) is 0 Å². The topological polar surface area (TPSA) is 73.5 Å². The monoisotopic (exact) mass is 330 g/mol. The van der Waals surface area contributed by atoms with Crippen molar-refractivity contribution < 1.29 is 9.59 Å². The third-order valence-corrected chi connectivity index (χ3v) is 4.75. The summed E-state index contributed by atoms with van der Waals surface area (Å²) in [5.74, 6) is -0.00649. The standard InChI is InChI=1S/C18H26N4O2/c23-17(21-12-16-6-3-9-19-16)7-10-20-18(24)22-11-8-14-4-1-2-5-15(14)13-22/h1-2,4-5,16,19H,3,6-13H2,(H,20,24)(H,21,23). The van der Waals surface area contributed by atoms with Crippen LogP contribution in [0.3, 0.4) is 0 Å². The number of carbonyl (C=O) groups is 2. The molecule has 0 aromatic heterocycles. The van der Waals surface area contributed by atoms with Crippen LogP contribution in [-0.4, -0.2) is 49.1 Å². The lowest BCUT2D eigenvalue weighted by molar-refractivity contribution is -0.121. The minimum atomic E-state index is -0.0882. The largest absolute Gasteiger partial charge is 0.354 e. The van der Waals surface area contributed by atoms with Crippen molar-refractivity contribution in [2.75, 3.05) is 26.2 Å². The van der Waals surface area contributed by atoms with Crippen molar-refractivity contribution in [2.24, 2.45) is 0 Å². The Labute approximate surface area is 143 Å². The van der Waals surface area contributed by atoms with E-state index >= 15 is 0 Å². The molecular weight excluding hydrogens is 304 g/mol. The van der Waals surface area contributed by atoms with E-state index in [1.165, 1.54) is 17.5 Å². The van der Waals surface area contributed by atoms with Gasteiger partial charge < -0.3 is 20.9 Å². The van der Waals surface area contributed by atoms with Gasteiger partial charge in [-0.2, -0.15) is 0 Å². The summed E-state index contributed by atoms with van der Waals surface area (Å²) in [6, 6.07) is 8.54. The van der Waals surface area contributed by atoms with Crippen LogP contribution in [0, 0.1) is 0 Å². The lowest BCUT2D eigenvalue weighted by Crippen LogP contribution is -2.44. The second kappa shape index (κ2) is 8.15. The Morgan fingerprint density at radius 2 is 2.04 bits per heavy atom. The molecule has 1 aromatic rings. The molecule has 0 radical (unpaired) electrons. The van der Waals surface area contributed by atoms with Crippen molar-refractivity contribution in [3.8, 4) is 0 Å². The van der Waals surface area contributed by atoms with Crippen LogP contribution in [0.2, 0.25) is 0 Å². The third kappa shape index (κ3) is 4.47. The first-order valence-corrected chi connectivity index (χ1v) is 8.82. The Hall–Kier alpha value is -2.08. The zero-order chi connectivity index (χ0) is 16.8. The van der Waals surface area contributed by atoms with Crippen LogP contribution in [0.1, 0.15) is 30.4 Å². The summed E-state index contributed by atoms with van der Waals surface area (Å²) >= 11 is 0. The maximum Gasteiger partial charge on any atom is 0.317 e. The van der Waals surface area contributed by atoms with E-state index in [0.29, 0.717) is 32.1 Å². The van der Waals surface area contributed by atoms with Crippen LogP contribution in [0.15, 0.2) is 24.3 Å². The number of carbonyl (C=O) groups excluding carboxylic acids is 2. The highest BCUT2D eigenvalue weighted by Crippen LogP contribution is 2.18. The number of fused-ring (bicyclic) bond motifs is 1. The predicted octanol–water partition coefficient (Wildman–Crippen LogP) is 1.01. The van der Waals surface area contributed by atoms with Gasteiger partial charge in [-0.25, -0.2) is 4.79 Å². The molecule has 2 aliphatic heterocycles. The van der Waals surface area contributed by atoms with Gasteiger partial charge in [-0.1, -0.05) is 24.3 Å². The molecule has 0 spiro atoms. The van der Waals surface area contributed by atoms with Crippen molar-refractivity contribution in [2.45, 2.75) is 38.3 Å². The molecule has 3 amide bonds. The Morgan fingerprint density at radius 1 is 1.21 bits per heavy atom. The van der Waals surface area contributed by atoms with Crippen molar-refractivity contribution in [1.29, 1.82) is 0 Å². The molecule has 0 saturated carbocycles. The summed E-state index contributed by atoms with van der Waals surface area (Å²) in [6.45, 7) is 3.45. The van der Waals surface area contributed by atoms with E-state index in [0.717, 1.165) is 25.9 Å². The molecule has 3 N–H and O–H groups in total. The number of rotatable bonds is 5.